The fourth-order valence-electron chi connectivity index (χ4n) is 3.13. The molecule has 0 aliphatic carbocycles. The predicted molar refractivity (Wildman–Crippen MR) is 132 cm³/mol. The standard InChI is InChI=1S/C25H35O7P.Li/c1-14(2)30-18-12-21(31-15(3)4)24(22(13-18)32-16(5)6)33-25(26)23-19(28-8)10-17(27-7)11-20(23)29-9;/h10-16,33H,1-9H3;/q;+1. The maximum absolute atomic E-state index is 13.6. The van der Waals surface area contributed by atoms with Gasteiger partial charge in [0.25, 0.3) is 0 Å². The normalized spacial score (nSPS) is 11.1. The van der Waals surface area contributed by atoms with E-state index in [0.29, 0.717) is 45.4 Å². The number of carbonyl (C=O) groups is 1. The number of ether oxygens (including phenoxy) is 6. The molecule has 1 unspecified atom stereocenters. The van der Waals surface area contributed by atoms with Crippen LogP contribution in [0.15, 0.2) is 24.3 Å². The summed E-state index contributed by atoms with van der Waals surface area (Å²) in [5.74, 6) is 3.01. The molecule has 0 heterocycles. The molecule has 0 saturated carbocycles. The summed E-state index contributed by atoms with van der Waals surface area (Å²) >= 11 is 0. The Bertz CT molecular complexity index is 904. The van der Waals surface area contributed by atoms with Crippen LogP contribution in [0.5, 0.6) is 34.5 Å². The molecule has 2 aromatic carbocycles. The molecule has 182 valence electrons. The Morgan fingerprint density at radius 1 is 0.647 bits per heavy atom. The van der Waals surface area contributed by atoms with Crippen molar-refractivity contribution < 1.29 is 52.1 Å². The molecule has 0 bridgehead atoms. The Morgan fingerprint density at radius 2 is 1.06 bits per heavy atom. The van der Waals surface area contributed by atoms with Gasteiger partial charge in [0.2, 0.25) is 0 Å². The zero-order valence-corrected chi connectivity index (χ0v) is 22.9. The van der Waals surface area contributed by atoms with Gasteiger partial charge >= 0.3 is 18.9 Å². The van der Waals surface area contributed by atoms with Crippen LogP contribution >= 0.6 is 8.58 Å². The van der Waals surface area contributed by atoms with Gasteiger partial charge in [-0.2, -0.15) is 0 Å². The molecule has 0 N–H and O–H groups in total. The molecule has 1 atom stereocenters. The fourth-order valence-corrected chi connectivity index (χ4v) is 4.24. The molecule has 0 fully saturated rings. The van der Waals surface area contributed by atoms with E-state index in [2.05, 4.69) is 0 Å². The number of rotatable bonds is 12. The maximum atomic E-state index is 13.6. The van der Waals surface area contributed by atoms with Crippen LogP contribution in [0.4, 0.5) is 0 Å². The van der Waals surface area contributed by atoms with E-state index in [9.17, 15) is 4.79 Å². The average molecular weight is 485 g/mol. The minimum Gasteiger partial charge on any atom is -0.496 e. The van der Waals surface area contributed by atoms with Crippen LogP contribution in [-0.4, -0.2) is 45.2 Å². The van der Waals surface area contributed by atoms with Crippen LogP contribution in [0.25, 0.3) is 0 Å². The molecule has 9 heteroatoms. The number of methoxy groups -OCH3 is 3. The average Bonchev–Trinajstić information content (AvgIpc) is 2.73. The first-order valence-electron chi connectivity index (χ1n) is 10.9. The van der Waals surface area contributed by atoms with Crippen molar-refractivity contribution in [3.05, 3.63) is 29.8 Å². The summed E-state index contributed by atoms with van der Waals surface area (Å²) in [4.78, 5) is 13.6. The van der Waals surface area contributed by atoms with Gasteiger partial charge in [-0.25, -0.2) is 0 Å². The zero-order valence-electron chi connectivity index (χ0n) is 21.9. The number of hydrogen-bond acceptors (Lipinski definition) is 7. The maximum Gasteiger partial charge on any atom is 1.00 e. The van der Waals surface area contributed by atoms with Gasteiger partial charge in [0.05, 0.1) is 44.9 Å². The summed E-state index contributed by atoms with van der Waals surface area (Å²) in [5, 5.41) is 0.665. The van der Waals surface area contributed by atoms with Crippen molar-refractivity contribution in [2.24, 2.45) is 0 Å². The van der Waals surface area contributed by atoms with Gasteiger partial charge in [-0.15, -0.1) is 0 Å². The van der Waals surface area contributed by atoms with Crippen molar-refractivity contribution in [3.63, 3.8) is 0 Å². The monoisotopic (exact) mass is 485 g/mol. The molecule has 0 amide bonds. The predicted octanol–water partition coefficient (Wildman–Crippen LogP) is 2.22. The summed E-state index contributed by atoms with van der Waals surface area (Å²) in [6, 6.07) is 6.95. The summed E-state index contributed by atoms with van der Waals surface area (Å²) in [6.07, 6.45) is -0.226. The topological polar surface area (TPSA) is 72.5 Å². The minimum atomic E-state index is -0.304. The largest absolute Gasteiger partial charge is 1.00 e. The fraction of sp³-hybridized carbons (Fsp3) is 0.480. The molecular weight excluding hydrogens is 450 g/mol. The second-order valence-corrected chi connectivity index (χ2v) is 9.36. The smallest absolute Gasteiger partial charge is 0.496 e. The van der Waals surface area contributed by atoms with Gasteiger partial charge in [0.1, 0.15) is 40.1 Å². The van der Waals surface area contributed by atoms with Crippen molar-refractivity contribution in [2.45, 2.75) is 59.9 Å². The van der Waals surface area contributed by atoms with Crippen molar-refractivity contribution in [1.29, 1.82) is 0 Å². The quantitative estimate of drug-likeness (QED) is 0.337. The third-order valence-electron chi connectivity index (χ3n) is 4.32. The summed E-state index contributed by atoms with van der Waals surface area (Å²) in [5.41, 5.74) is 0.165. The van der Waals surface area contributed by atoms with E-state index in [-0.39, 0.29) is 51.3 Å². The van der Waals surface area contributed by atoms with E-state index < -0.39 is 0 Å². The van der Waals surface area contributed by atoms with Crippen LogP contribution in [0.1, 0.15) is 51.9 Å². The third-order valence-corrected chi connectivity index (χ3v) is 5.54. The van der Waals surface area contributed by atoms with Gasteiger partial charge in [0, 0.05) is 24.3 Å². The van der Waals surface area contributed by atoms with Crippen LogP contribution in [0.2, 0.25) is 0 Å². The Kier molecular flexibility index (Phi) is 12.1. The molecule has 0 aliphatic heterocycles. The first kappa shape index (κ1) is 30.0. The van der Waals surface area contributed by atoms with Crippen LogP contribution in [0.3, 0.4) is 0 Å². The minimum absolute atomic E-state index is 0. The van der Waals surface area contributed by atoms with Gasteiger partial charge in [-0.1, -0.05) is 0 Å². The third kappa shape index (κ3) is 8.01. The number of benzene rings is 2. The molecule has 0 aliphatic rings. The van der Waals surface area contributed by atoms with Gasteiger partial charge in [-0.3, -0.25) is 4.79 Å². The van der Waals surface area contributed by atoms with Gasteiger partial charge in [-0.05, 0) is 50.1 Å². The first-order valence-corrected chi connectivity index (χ1v) is 11.9. The summed E-state index contributed by atoms with van der Waals surface area (Å²) in [7, 11) is 4.25. The molecule has 0 radical (unpaired) electrons. The number of hydrogen-bond donors (Lipinski definition) is 0. The van der Waals surface area contributed by atoms with E-state index >= 15 is 0 Å². The van der Waals surface area contributed by atoms with Crippen molar-refractivity contribution in [1.82, 2.24) is 0 Å². The Labute approximate surface area is 216 Å². The van der Waals surface area contributed by atoms with Gasteiger partial charge in [0.15, 0.2) is 5.52 Å². The van der Waals surface area contributed by atoms with Crippen LogP contribution < -0.4 is 52.6 Å². The molecule has 0 spiro atoms. The van der Waals surface area contributed by atoms with Crippen molar-refractivity contribution in [3.8, 4) is 34.5 Å². The molecule has 0 aromatic heterocycles. The van der Waals surface area contributed by atoms with Crippen LogP contribution in [-0.2, 0) is 0 Å². The number of carbonyl (C=O) groups excluding carboxylic acids is 1. The van der Waals surface area contributed by atoms with Crippen molar-refractivity contribution >= 4 is 19.4 Å². The molecule has 7 nitrogen and oxygen atoms in total. The van der Waals surface area contributed by atoms with Gasteiger partial charge < -0.3 is 28.4 Å². The first-order chi connectivity index (χ1) is 15.6. The van der Waals surface area contributed by atoms with E-state index in [0.717, 1.165) is 0 Å². The molecular formula is C25H35LiO7P+. The Balaban J connectivity index is 0.00000578. The van der Waals surface area contributed by atoms with E-state index in [1.807, 2.05) is 53.7 Å². The summed E-state index contributed by atoms with van der Waals surface area (Å²) in [6.45, 7) is 11.6. The molecule has 2 rings (SSSR count). The van der Waals surface area contributed by atoms with E-state index in [1.54, 1.807) is 19.2 Å². The SMILES string of the molecule is COc1cc(OC)c(C(=O)Pc2c(OC(C)C)cc(OC(C)C)cc2OC(C)C)c(OC)c1.[Li+]. The van der Waals surface area contributed by atoms with E-state index in [1.165, 1.54) is 14.2 Å². The Morgan fingerprint density at radius 3 is 1.41 bits per heavy atom. The second kappa shape index (κ2) is 13.7. The van der Waals surface area contributed by atoms with E-state index in [4.69, 9.17) is 28.4 Å². The Hall–Kier alpha value is -2.06. The zero-order chi connectivity index (χ0) is 24.7. The van der Waals surface area contributed by atoms with Crippen LogP contribution in [0, 0.1) is 0 Å². The second-order valence-electron chi connectivity index (χ2n) is 8.16. The molecule has 34 heavy (non-hydrogen) atoms. The molecule has 0 saturated heterocycles. The van der Waals surface area contributed by atoms with Crippen molar-refractivity contribution in [2.75, 3.05) is 21.3 Å². The summed E-state index contributed by atoms with van der Waals surface area (Å²) < 4.78 is 34.3. The molecule has 2 aromatic rings.